The lowest BCUT2D eigenvalue weighted by Gasteiger charge is -2.32. The third kappa shape index (κ3) is 5.39. The molecule has 0 aliphatic carbocycles. The summed E-state index contributed by atoms with van der Waals surface area (Å²) in [5, 5.41) is 22.6. The van der Waals surface area contributed by atoms with E-state index in [0.717, 1.165) is 5.56 Å². The summed E-state index contributed by atoms with van der Waals surface area (Å²) in [7, 11) is 0. The minimum atomic E-state index is -0.348. The summed E-state index contributed by atoms with van der Waals surface area (Å²) in [4.78, 5) is 26.5. The minimum Gasteiger partial charge on any atom is -0.508 e. The number of phenolic OH excluding ortho intramolecular Hbond substituents is 2. The monoisotopic (exact) mass is 402 g/mol. The molecule has 0 unspecified atom stereocenters. The molecule has 6 nitrogen and oxygen atoms in total. The molecular weight excluding hydrogens is 380 g/mol. The van der Waals surface area contributed by atoms with E-state index in [9.17, 15) is 19.8 Å². The molecule has 2 aromatic carbocycles. The van der Waals surface area contributed by atoms with Crippen molar-refractivity contribution in [2.75, 3.05) is 13.1 Å². The van der Waals surface area contributed by atoms with Gasteiger partial charge < -0.3 is 20.4 Å². The van der Waals surface area contributed by atoms with Gasteiger partial charge in [-0.2, -0.15) is 0 Å². The van der Waals surface area contributed by atoms with Crippen molar-refractivity contribution in [2.24, 2.45) is 0 Å². The Hall–Kier alpha value is -2.73. The fourth-order valence-electron chi connectivity index (χ4n) is 3.33. The number of halogens is 1. The zero-order valence-electron chi connectivity index (χ0n) is 15.4. The fraction of sp³-hybridized carbons (Fsp3) is 0.333. The maximum Gasteiger partial charge on any atom is 0.251 e. The molecule has 0 bridgehead atoms. The van der Waals surface area contributed by atoms with Crippen LogP contribution in [0, 0.1) is 0 Å². The Morgan fingerprint density at radius 2 is 1.64 bits per heavy atom. The van der Waals surface area contributed by atoms with Crippen LogP contribution in [-0.4, -0.2) is 46.1 Å². The number of hydrogen-bond donors (Lipinski definition) is 3. The van der Waals surface area contributed by atoms with E-state index in [-0.39, 0.29) is 34.9 Å². The number of carbonyl (C=O) groups is 2. The van der Waals surface area contributed by atoms with E-state index in [2.05, 4.69) is 5.32 Å². The van der Waals surface area contributed by atoms with Gasteiger partial charge in [0, 0.05) is 42.2 Å². The smallest absolute Gasteiger partial charge is 0.251 e. The lowest BCUT2D eigenvalue weighted by Crippen LogP contribution is -2.46. The molecule has 2 amide bonds. The van der Waals surface area contributed by atoms with Crippen molar-refractivity contribution in [3.8, 4) is 11.5 Å². The molecule has 0 saturated carbocycles. The van der Waals surface area contributed by atoms with Crippen molar-refractivity contribution in [1.82, 2.24) is 10.2 Å². The normalized spacial score (nSPS) is 14.7. The van der Waals surface area contributed by atoms with Gasteiger partial charge in [0.15, 0.2) is 0 Å². The third-order valence-electron chi connectivity index (χ3n) is 4.89. The van der Waals surface area contributed by atoms with Crippen LogP contribution >= 0.6 is 11.6 Å². The van der Waals surface area contributed by atoms with Gasteiger partial charge in [0.1, 0.15) is 11.5 Å². The summed E-state index contributed by atoms with van der Waals surface area (Å²) in [5.74, 6) is -0.561. The highest BCUT2D eigenvalue weighted by molar-refractivity contribution is 6.30. The number of benzene rings is 2. The molecule has 3 N–H and O–H groups in total. The summed E-state index contributed by atoms with van der Waals surface area (Å²) in [6.07, 6.45) is 2.46. The SMILES string of the molecule is O=C(NC1CCN(C(=O)CCc2ccc(Cl)cc2)CC1)c1cc(O)cc(O)c1. The maximum absolute atomic E-state index is 12.4. The highest BCUT2D eigenvalue weighted by Crippen LogP contribution is 2.21. The van der Waals surface area contributed by atoms with Crippen molar-refractivity contribution in [3.05, 3.63) is 58.6 Å². The molecule has 1 aliphatic heterocycles. The van der Waals surface area contributed by atoms with E-state index in [1.165, 1.54) is 18.2 Å². The van der Waals surface area contributed by atoms with Crippen LogP contribution in [0.15, 0.2) is 42.5 Å². The Morgan fingerprint density at radius 1 is 1.04 bits per heavy atom. The zero-order valence-corrected chi connectivity index (χ0v) is 16.2. The van der Waals surface area contributed by atoms with Gasteiger partial charge >= 0.3 is 0 Å². The van der Waals surface area contributed by atoms with E-state index in [4.69, 9.17) is 11.6 Å². The first-order chi connectivity index (χ1) is 13.4. The Kier molecular flexibility index (Phi) is 6.41. The summed E-state index contributed by atoms with van der Waals surface area (Å²) in [5.41, 5.74) is 1.29. The average Bonchev–Trinajstić information content (AvgIpc) is 2.67. The molecule has 0 atom stereocenters. The molecule has 28 heavy (non-hydrogen) atoms. The fourth-order valence-corrected chi connectivity index (χ4v) is 3.45. The van der Waals surface area contributed by atoms with Crippen LogP contribution < -0.4 is 5.32 Å². The summed E-state index contributed by atoms with van der Waals surface area (Å²) in [6.45, 7) is 1.19. The molecule has 1 heterocycles. The Morgan fingerprint density at radius 3 is 2.25 bits per heavy atom. The van der Waals surface area contributed by atoms with Gasteiger partial charge in [-0.15, -0.1) is 0 Å². The van der Waals surface area contributed by atoms with Crippen LogP contribution in [0.1, 0.15) is 35.2 Å². The zero-order chi connectivity index (χ0) is 20.1. The average molecular weight is 403 g/mol. The summed E-state index contributed by atoms with van der Waals surface area (Å²) < 4.78 is 0. The predicted molar refractivity (Wildman–Crippen MR) is 107 cm³/mol. The van der Waals surface area contributed by atoms with E-state index < -0.39 is 0 Å². The topological polar surface area (TPSA) is 89.9 Å². The molecule has 2 aromatic rings. The number of hydrogen-bond acceptors (Lipinski definition) is 4. The first kappa shape index (κ1) is 20.0. The predicted octanol–water partition coefficient (Wildman–Crippen LogP) is 3.10. The van der Waals surface area contributed by atoms with Gasteiger partial charge in [-0.25, -0.2) is 0 Å². The molecule has 0 spiro atoms. The molecule has 0 radical (unpaired) electrons. The molecule has 0 aromatic heterocycles. The lowest BCUT2D eigenvalue weighted by atomic mass is 10.0. The number of phenols is 2. The molecule has 7 heteroatoms. The van der Waals surface area contributed by atoms with Gasteiger partial charge in [0.2, 0.25) is 5.91 Å². The molecule has 148 valence electrons. The van der Waals surface area contributed by atoms with Gasteiger partial charge in [-0.1, -0.05) is 23.7 Å². The Labute approximate surface area is 168 Å². The number of rotatable bonds is 5. The van der Waals surface area contributed by atoms with Crippen LogP contribution in [0.3, 0.4) is 0 Å². The number of aryl methyl sites for hydroxylation is 1. The number of likely N-dealkylation sites (tertiary alicyclic amines) is 1. The first-order valence-electron chi connectivity index (χ1n) is 9.27. The Balaban J connectivity index is 1.45. The molecule has 1 saturated heterocycles. The molecular formula is C21H23ClN2O4. The highest BCUT2D eigenvalue weighted by atomic mass is 35.5. The van der Waals surface area contributed by atoms with Crippen molar-refractivity contribution in [1.29, 1.82) is 0 Å². The second kappa shape index (κ2) is 8.97. The molecule has 3 rings (SSSR count). The first-order valence-corrected chi connectivity index (χ1v) is 9.64. The van der Waals surface area contributed by atoms with Gasteiger partial charge in [-0.3, -0.25) is 9.59 Å². The van der Waals surface area contributed by atoms with Gasteiger partial charge in [0.05, 0.1) is 0 Å². The van der Waals surface area contributed by atoms with E-state index >= 15 is 0 Å². The summed E-state index contributed by atoms with van der Waals surface area (Å²) in [6, 6.07) is 11.2. The van der Waals surface area contributed by atoms with Gasteiger partial charge in [0.25, 0.3) is 5.91 Å². The van der Waals surface area contributed by atoms with Gasteiger partial charge in [-0.05, 0) is 49.1 Å². The van der Waals surface area contributed by atoms with E-state index in [0.29, 0.717) is 43.8 Å². The van der Waals surface area contributed by atoms with Crippen molar-refractivity contribution in [3.63, 3.8) is 0 Å². The van der Waals surface area contributed by atoms with Crippen LogP contribution in [-0.2, 0) is 11.2 Å². The van der Waals surface area contributed by atoms with Crippen LogP contribution in [0.2, 0.25) is 5.02 Å². The summed E-state index contributed by atoms with van der Waals surface area (Å²) >= 11 is 5.87. The van der Waals surface area contributed by atoms with Crippen molar-refractivity contribution < 1.29 is 19.8 Å². The van der Waals surface area contributed by atoms with E-state index in [1.807, 2.05) is 29.2 Å². The Bertz CT molecular complexity index is 826. The number of piperidine rings is 1. The standard InChI is InChI=1S/C21H23ClN2O4/c22-16-4-1-14(2-5-16)3-6-20(27)24-9-7-17(8-10-24)23-21(28)15-11-18(25)13-19(26)12-15/h1-2,4-5,11-13,17,25-26H,3,6-10H2,(H,23,28). The van der Waals surface area contributed by atoms with Crippen molar-refractivity contribution >= 4 is 23.4 Å². The number of amides is 2. The number of nitrogens with zero attached hydrogens (tertiary/aromatic N) is 1. The van der Waals surface area contributed by atoms with Crippen molar-refractivity contribution in [2.45, 2.75) is 31.7 Å². The number of aromatic hydroxyl groups is 2. The maximum atomic E-state index is 12.4. The second-order valence-electron chi connectivity index (χ2n) is 6.99. The number of carbonyl (C=O) groups excluding carboxylic acids is 2. The lowest BCUT2D eigenvalue weighted by molar-refractivity contribution is -0.132. The minimum absolute atomic E-state index is 0.0442. The quantitative estimate of drug-likeness (QED) is 0.716. The van der Waals surface area contributed by atoms with E-state index in [1.54, 1.807) is 0 Å². The number of nitrogens with one attached hydrogen (secondary N) is 1. The largest absolute Gasteiger partial charge is 0.508 e. The molecule has 1 aliphatic rings. The second-order valence-corrected chi connectivity index (χ2v) is 7.43. The highest BCUT2D eigenvalue weighted by Gasteiger charge is 2.24. The van der Waals surface area contributed by atoms with Crippen LogP contribution in [0.25, 0.3) is 0 Å². The van der Waals surface area contributed by atoms with Crippen LogP contribution in [0.4, 0.5) is 0 Å². The van der Waals surface area contributed by atoms with Crippen LogP contribution in [0.5, 0.6) is 11.5 Å². The third-order valence-corrected chi connectivity index (χ3v) is 5.14. The molecule has 1 fully saturated rings.